The van der Waals surface area contributed by atoms with Gasteiger partial charge in [-0.05, 0) is 53.9 Å². The van der Waals surface area contributed by atoms with E-state index >= 15 is 0 Å². The zero-order valence-electron chi connectivity index (χ0n) is 21.7. The Morgan fingerprint density at radius 1 is 1.07 bits per heavy atom. The number of benzene rings is 2. The third-order valence-corrected chi connectivity index (χ3v) is 8.61. The van der Waals surface area contributed by atoms with Gasteiger partial charge in [-0.2, -0.15) is 13.2 Å². The van der Waals surface area contributed by atoms with Crippen molar-refractivity contribution in [3.05, 3.63) is 83.6 Å². The fourth-order valence-corrected chi connectivity index (χ4v) is 5.61. The number of carbonyl (C=O) groups excluding carboxylic acids is 1. The first kappa shape index (κ1) is 29.5. The Balaban J connectivity index is 1.41. The van der Waals surface area contributed by atoms with Crippen molar-refractivity contribution in [3.8, 4) is 0 Å². The summed E-state index contributed by atoms with van der Waals surface area (Å²) in [5, 5.41) is 2.76. The molecule has 2 heterocycles. The molecular weight excluding hydrogens is 550 g/mol. The number of carbonyl (C=O) groups is 1. The van der Waals surface area contributed by atoms with E-state index in [0.29, 0.717) is 30.0 Å². The van der Waals surface area contributed by atoms with Gasteiger partial charge in [-0.25, -0.2) is 17.8 Å². The molecule has 214 valence electrons. The lowest BCUT2D eigenvalue weighted by Crippen LogP contribution is -2.33. The monoisotopic (exact) mass is 579 g/mol. The Kier molecular flexibility index (Phi) is 9.09. The van der Waals surface area contributed by atoms with E-state index in [4.69, 9.17) is 4.74 Å². The summed E-state index contributed by atoms with van der Waals surface area (Å²) in [5.41, 5.74) is 1.13. The van der Waals surface area contributed by atoms with Gasteiger partial charge < -0.3 is 15.0 Å². The van der Waals surface area contributed by atoms with Crippen LogP contribution in [-0.2, 0) is 32.0 Å². The van der Waals surface area contributed by atoms with Gasteiger partial charge in [-0.3, -0.25) is 4.79 Å². The van der Waals surface area contributed by atoms with Crippen LogP contribution in [0.15, 0.2) is 71.8 Å². The van der Waals surface area contributed by atoms with Gasteiger partial charge in [0.1, 0.15) is 5.82 Å². The van der Waals surface area contributed by atoms with Crippen LogP contribution in [0, 0.1) is 0 Å². The molecule has 0 radical (unpaired) electrons. The number of nitrogens with zero attached hydrogens (tertiary/aromatic N) is 2. The number of ether oxygens (including phenoxy) is 1. The minimum atomic E-state index is -4.42. The van der Waals surface area contributed by atoms with Crippen molar-refractivity contribution in [2.45, 2.75) is 42.8 Å². The zero-order valence-corrected chi connectivity index (χ0v) is 22.5. The number of anilines is 2. The average molecular weight is 580 g/mol. The molecule has 1 amide bonds. The minimum Gasteiger partial charge on any atom is -0.351 e. The quantitative estimate of drug-likeness (QED) is 0.325. The van der Waals surface area contributed by atoms with E-state index in [1.54, 1.807) is 31.2 Å². The molecule has 1 aliphatic heterocycles. The second-order valence-corrected chi connectivity index (χ2v) is 11.8. The number of rotatable bonds is 10. The van der Waals surface area contributed by atoms with Crippen LogP contribution in [0.3, 0.4) is 0 Å². The maximum atomic E-state index is 13.0. The number of halogens is 4. The molecule has 1 unspecified atom stereocenters. The van der Waals surface area contributed by atoms with Crippen LogP contribution < -0.4 is 10.2 Å². The van der Waals surface area contributed by atoms with Gasteiger partial charge in [0.2, 0.25) is 5.91 Å². The summed E-state index contributed by atoms with van der Waals surface area (Å²) < 4.78 is 80.5. The van der Waals surface area contributed by atoms with Crippen LogP contribution in [0.4, 0.5) is 29.1 Å². The summed E-state index contributed by atoms with van der Waals surface area (Å²) in [4.78, 5) is 19.1. The Labute approximate surface area is 230 Å². The fourth-order valence-electron chi connectivity index (χ4n) is 4.72. The third-order valence-electron chi connectivity index (χ3n) is 6.86. The number of hydrogen-bond acceptors (Lipinski definition) is 6. The standard InChI is InChI=1S/C28H29F4N3O4S/c1-2-40(37,38)25-10-3-19(4-11-25)13-27(36)34-23-9-12-26(33-15-23)35-16-21(14-24(35)17-39-18-29)20-5-7-22(8-6-20)28(30,31)32/h3-12,15,21,24H,2,13-14,16-18H2,1H3,(H,34,36)/t21?,24-/m0/s1. The number of pyridine rings is 1. The number of amides is 1. The molecule has 1 fully saturated rings. The average Bonchev–Trinajstić information content (AvgIpc) is 3.36. The van der Waals surface area contributed by atoms with E-state index in [1.807, 2.05) is 4.90 Å². The number of nitrogens with one attached hydrogen (secondary N) is 1. The third kappa shape index (κ3) is 7.16. The first-order chi connectivity index (χ1) is 19.0. The lowest BCUT2D eigenvalue weighted by atomic mass is 9.95. The van der Waals surface area contributed by atoms with Crippen LogP contribution in [-0.4, -0.2) is 51.1 Å². The highest BCUT2D eigenvalue weighted by Gasteiger charge is 2.35. The maximum absolute atomic E-state index is 13.0. The molecule has 4 rings (SSSR count). The van der Waals surface area contributed by atoms with Crippen molar-refractivity contribution in [1.29, 1.82) is 0 Å². The predicted octanol–water partition coefficient (Wildman–Crippen LogP) is 5.38. The molecule has 0 spiro atoms. The summed E-state index contributed by atoms with van der Waals surface area (Å²) in [6.07, 6.45) is -2.34. The summed E-state index contributed by atoms with van der Waals surface area (Å²) in [5.74, 6) is 0.147. The van der Waals surface area contributed by atoms with Crippen LogP contribution in [0.25, 0.3) is 0 Å². The van der Waals surface area contributed by atoms with E-state index in [1.165, 1.54) is 30.5 Å². The number of sulfone groups is 1. The largest absolute Gasteiger partial charge is 0.416 e. The molecule has 1 aliphatic rings. The van der Waals surface area contributed by atoms with E-state index in [0.717, 1.165) is 17.7 Å². The molecule has 1 aromatic heterocycles. The number of alkyl halides is 4. The smallest absolute Gasteiger partial charge is 0.351 e. The van der Waals surface area contributed by atoms with Gasteiger partial charge in [0.05, 0.1) is 47.2 Å². The molecule has 2 atom stereocenters. The molecule has 1 N–H and O–H groups in total. The molecule has 0 bridgehead atoms. The van der Waals surface area contributed by atoms with Gasteiger partial charge in [0, 0.05) is 12.5 Å². The number of hydrogen-bond donors (Lipinski definition) is 1. The van der Waals surface area contributed by atoms with Crippen molar-refractivity contribution in [2.24, 2.45) is 0 Å². The Hall–Kier alpha value is -3.51. The van der Waals surface area contributed by atoms with E-state index < -0.39 is 28.4 Å². The van der Waals surface area contributed by atoms with Crippen LogP contribution >= 0.6 is 0 Å². The van der Waals surface area contributed by atoms with E-state index in [-0.39, 0.29) is 41.5 Å². The first-order valence-corrected chi connectivity index (χ1v) is 14.3. The minimum absolute atomic E-state index is 0.00735. The van der Waals surface area contributed by atoms with Crippen molar-refractivity contribution >= 4 is 27.2 Å². The second-order valence-electron chi connectivity index (χ2n) is 9.52. The summed E-state index contributed by atoms with van der Waals surface area (Å²) in [6.45, 7) is 1.15. The molecule has 3 aromatic rings. The normalized spacial score (nSPS) is 17.7. The molecule has 7 nitrogen and oxygen atoms in total. The second kappa shape index (κ2) is 12.3. The molecular formula is C28H29F4N3O4S. The molecule has 2 aromatic carbocycles. The molecule has 1 saturated heterocycles. The van der Waals surface area contributed by atoms with Gasteiger partial charge in [0.25, 0.3) is 0 Å². The highest BCUT2D eigenvalue weighted by Crippen LogP contribution is 2.36. The van der Waals surface area contributed by atoms with Crippen molar-refractivity contribution in [1.82, 2.24) is 4.98 Å². The summed E-state index contributed by atoms with van der Waals surface area (Å²) in [6, 6.07) is 14.4. The van der Waals surface area contributed by atoms with Crippen LogP contribution in [0.1, 0.15) is 36.0 Å². The van der Waals surface area contributed by atoms with Gasteiger partial charge in [0.15, 0.2) is 16.7 Å². The first-order valence-electron chi connectivity index (χ1n) is 12.6. The van der Waals surface area contributed by atoms with Gasteiger partial charge in [-0.15, -0.1) is 0 Å². The van der Waals surface area contributed by atoms with E-state index in [2.05, 4.69) is 10.3 Å². The lowest BCUT2D eigenvalue weighted by Gasteiger charge is -2.25. The van der Waals surface area contributed by atoms with E-state index in [9.17, 15) is 30.8 Å². The summed E-state index contributed by atoms with van der Waals surface area (Å²) in [7, 11) is -3.32. The van der Waals surface area contributed by atoms with Gasteiger partial charge >= 0.3 is 6.18 Å². The topological polar surface area (TPSA) is 88.6 Å². The molecule has 0 saturated carbocycles. The van der Waals surface area contributed by atoms with Crippen LogP contribution in [0.2, 0.25) is 0 Å². The maximum Gasteiger partial charge on any atom is 0.416 e. The highest BCUT2D eigenvalue weighted by atomic mass is 32.2. The van der Waals surface area contributed by atoms with Crippen LogP contribution in [0.5, 0.6) is 0 Å². The predicted molar refractivity (Wildman–Crippen MR) is 143 cm³/mol. The van der Waals surface area contributed by atoms with Gasteiger partial charge in [-0.1, -0.05) is 31.2 Å². The SMILES string of the molecule is CCS(=O)(=O)c1ccc(CC(=O)Nc2ccc(N3CC(c4ccc(C(F)(F)F)cc4)C[C@H]3COCF)nc2)cc1. The molecule has 12 heteroatoms. The van der Waals surface area contributed by atoms with Crippen molar-refractivity contribution in [2.75, 3.05) is 36.0 Å². The van der Waals surface area contributed by atoms with Crippen molar-refractivity contribution < 1.29 is 35.5 Å². The Morgan fingerprint density at radius 2 is 1.77 bits per heavy atom. The van der Waals surface area contributed by atoms with Crippen molar-refractivity contribution in [3.63, 3.8) is 0 Å². The lowest BCUT2D eigenvalue weighted by molar-refractivity contribution is -0.137. The molecule has 0 aliphatic carbocycles. The zero-order chi connectivity index (χ0) is 28.9. The fraction of sp³-hybridized carbons (Fsp3) is 0.357. The Morgan fingerprint density at radius 3 is 2.35 bits per heavy atom. The molecule has 40 heavy (non-hydrogen) atoms. The summed E-state index contributed by atoms with van der Waals surface area (Å²) >= 11 is 0. The Bertz CT molecular complexity index is 1400. The number of aromatic nitrogens is 1. The highest BCUT2D eigenvalue weighted by molar-refractivity contribution is 7.91.